The molecular formula is C6H18OPtSi2. The van der Waals surface area contributed by atoms with Crippen molar-refractivity contribution in [2.75, 3.05) is 0 Å². The van der Waals surface area contributed by atoms with E-state index in [0.717, 1.165) is 0 Å². The third-order valence-corrected chi connectivity index (χ3v) is 5.20. The molecule has 0 saturated carbocycles. The van der Waals surface area contributed by atoms with E-state index in [1.165, 1.54) is 0 Å². The molecule has 0 amide bonds. The van der Waals surface area contributed by atoms with Gasteiger partial charge < -0.3 is 4.12 Å². The Kier molecular flexibility index (Phi) is 16.8. The Morgan fingerprint density at radius 3 is 1.50 bits per heavy atom. The number of hydrogen-bond acceptors (Lipinski definition) is 1. The molecule has 0 N–H and O–H groups in total. The summed E-state index contributed by atoms with van der Waals surface area (Å²) in [5, 5.41) is 0. The summed E-state index contributed by atoms with van der Waals surface area (Å²) in [4.78, 5) is 0. The van der Waals surface area contributed by atoms with Gasteiger partial charge in [-0.15, -0.1) is 13.2 Å². The van der Waals surface area contributed by atoms with Crippen molar-refractivity contribution < 1.29 is 25.2 Å². The molecule has 10 heavy (non-hydrogen) atoms. The SMILES string of the molecule is C=C.C[SiH2]O[Si](C)(C)C.[Pt]. The van der Waals surface area contributed by atoms with Crippen LogP contribution in [0.3, 0.4) is 0 Å². The molecule has 4 heteroatoms. The van der Waals surface area contributed by atoms with E-state index < -0.39 is 8.32 Å². The van der Waals surface area contributed by atoms with Gasteiger partial charge in [-0.3, -0.25) is 0 Å². The van der Waals surface area contributed by atoms with Crippen LogP contribution in [0.15, 0.2) is 13.2 Å². The van der Waals surface area contributed by atoms with Crippen LogP contribution in [0.1, 0.15) is 0 Å². The monoisotopic (exact) mass is 357 g/mol. The maximum absolute atomic E-state index is 5.51. The molecular weight excluding hydrogens is 339 g/mol. The van der Waals surface area contributed by atoms with Crippen molar-refractivity contribution in [3.05, 3.63) is 13.2 Å². The Morgan fingerprint density at radius 2 is 1.50 bits per heavy atom. The summed E-state index contributed by atoms with van der Waals surface area (Å²) >= 11 is 0. The molecule has 0 unspecified atom stereocenters. The van der Waals surface area contributed by atoms with E-state index in [1.807, 2.05) is 0 Å². The van der Waals surface area contributed by atoms with Gasteiger partial charge in [0.05, 0.1) is 0 Å². The molecule has 1 nitrogen and oxygen atoms in total. The van der Waals surface area contributed by atoms with Crippen molar-refractivity contribution >= 4 is 18.1 Å². The summed E-state index contributed by atoms with van der Waals surface area (Å²) in [6.45, 7) is 14.9. The fraction of sp³-hybridized carbons (Fsp3) is 0.667. The fourth-order valence-electron chi connectivity index (χ4n) is 0.433. The van der Waals surface area contributed by atoms with Crippen molar-refractivity contribution in [1.82, 2.24) is 0 Å². The molecule has 66 valence electrons. The van der Waals surface area contributed by atoms with Gasteiger partial charge in [-0.2, -0.15) is 0 Å². The molecule has 0 atom stereocenters. The van der Waals surface area contributed by atoms with Gasteiger partial charge in [0.15, 0.2) is 8.32 Å². The van der Waals surface area contributed by atoms with Crippen LogP contribution in [0.2, 0.25) is 26.2 Å². The Hall–Kier alpha value is 0.822. The second kappa shape index (κ2) is 9.82. The van der Waals surface area contributed by atoms with Crippen molar-refractivity contribution in [2.24, 2.45) is 0 Å². The van der Waals surface area contributed by atoms with Gasteiger partial charge in [0, 0.05) is 21.1 Å². The minimum atomic E-state index is -1.10. The summed E-state index contributed by atoms with van der Waals surface area (Å²) < 4.78 is 5.51. The van der Waals surface area contributed by atoms with Crippen molar-refractivity contribution in [1.29, 1.82) is 0 Å². The predicted octanol–water partition coefficient (Wildman–Crippen LogP) is 1.77. The second-order valence-corrected chi connectivity index (χ2v) is 8.50. The summed E-state index contributed by atoms with van der Waals surface area (Å²) in [6, 6.07) is 0. The number of hydrogen-bond donors (Lipinski definition) is 0. The quantitative estimate of drug-likeness (QED) is 0.541. The van der Waals surface area contributed by atoms with Gasteiger partial charge in [0.25, 0.3) is 0 Å². The molecule has 0 bridgehead atoms. The molecule has 0 saturated heterocycles. The first-order valence-corrected chi connectivity index (χ1v) is 8.60. The average molecular weight is 357 g/mol. The summed E-state index contributed by atoms with van der Waals surface area (Å²) in [7, 11) is -1.22. The van der Waals surface area contributed by atoms with E-state index in [0.29, 0.717) is 0 Å². The molecule has 0 aliphatic heterocycles. The fourth-order valence-corrected chi connectivity index (χ4v) is 3.90. The van der Waals surface area contributed by atoms with Crippen molar-refractivity contribution in [3.63, 3.8) is 0 Å². The molecule has 0 aliphatic rings. The van der Waals surface area contributed by atoms with Crippen molar-refractivity contribution in [3.8, 4) is 0 Å². The first-order valence-electron chi connectivity index (χ1n) is 3.20. The first kappa shape index (κ1) is 17.1. The van der Waals surface area contributed by atoms with E-state index in [9.17, 15) is 0 Å². The van der Waals surface area contributed by atoms with E-state index in [2.05, 4.69) is 39.3 Å². The number of rotatable bonds is 2. The van der Waals surface area contributed by atoms with Crippen LogP contribution in [-0.2, 0) is 25.2 Å². The normalized spacial score (nSPS) is 10.0. The molecule has 0 aliphatic carbocycles. The Bertz CT molecular complexity index is 63.3. The maximum Gasteiger partial charge on any atom is 0.169 e. The average Bonchev–Trinajstić information content (AvgIpc) is 1.69. The summed E-state index contributed by atoms with van der Waals surface area (Å²) in [5.74, 6) is 0. The van der Waals surface area contributed by atoms with Crippen LogP contribution in [0.4, 0.5) is 0 Å². The standard InChI is InChI=1S/C4H14OSi2.C2H4.Pt/c1-6-5-7(2,3)4;1-2;/h6H2,1-4H3;1-2H2;. The van der Waals surface area contributed by atoms with E-state index in [-0.39, 0.29) is 30.8 Å². The van der Waals surface area contributed by atoms with Crippen LogP contribution in [0.5, 0.6) is 0 Å². The van der Waals surface area contributed by atoms with Crippen molar-refractivity contribution in [2.45, 2.75) is 26.2 Å². The molecule has 0 spiro atoms. The Labute approximate surface area is 82.6 Å². The molecule has 0 aromatic heterocycles. The van der Waals surface area contributed by atoms with Crippen LogP contribution in [0.25, 0.3) is 0 Å². The zero-order chi connectivity index (χ0) is 7.91. The van der Waals surface area contributed by atoms with Gasteiger partial charge in [-0.05, 0) is 19.6 Å². The maximum atomic E-state index is 5.51. The Balaban J connectivity index is -0.000000149. The zero-order valence-corrected chi connectivity index (χ0v) is 12.0. The molecule has 0 fully saturated rings. The van der Waals surface area contributed by atoms with Crippen LogP contribution in [0, 0.1) is 0 Å². The molecule has 0 aromatic carbocycles. The van der Waals surface area contributed by atoms with Gasteiger partial charge in [0.2, 0.25) is 0 Å². The van der Waals surface area contributed by atoms with Crippen LogP contribution < -0.4 is 0 Å². The minimum Gasteiger partial charge on any atom is -0.461 e. The van der Waals surface area contributed by atoms with Gasteiger partial charge in [-0.1, -0.05) is 6.55 Å². The van der Waals surface area contributed by atoms with E-state index in [1.54, 1.807) is 0 Å². The Morgan fingerprint density at radius 1 is 1.20 bits per heavy atom. The predicted molar refractivity (Wildman–Crippen MR) is 50.1 cm³/mol. The van der Waals surface area contributed by atoms with Gasteiger partial charge in [-0.25, -0.2) is 0 Å². The summed E-state index contributed by atoms with van der Waals surface area (Å²) in [5.41, 5.74) is 0. The van der Waals surface area contributed by atoms with Crippen LogP contribution >= 0.6 is 0 Å². The van der Waals surface area contributed by atoms with E-state index >= 15 is 0 Å². The van der Waals surface area contributed by atoms with E-state index in [4.69, 9.17) is 4.12 Å². The molecule has 0 rings (SSSR count). The third kappa shape index (κ3) is 23.2. The second-order valence-electron chi connectivity index (χ2n) is 2.55. The molecule has 0 aromatic rings. The third-order valence-electron chi connectivity index (χ3n) is 0.577. The first-order chi connectivity index (χ1) is 4.06. The smallest absolute Gasteiger partial charge is 0.169 e. The molecule has 0 heterocycles. The minimum absolute atomic E-state index is 0. The molecule has 0 radical (unpaired) electrons. The van der Waals surface area contributed by atoms with Crippen LogP contribution in [-0.4, -0.2) is 18.1 Å². The van der Waals surface area contributed by atoms with Gasteiger partial charge >= 0.3 is 0 Å². The zero-order valence-electron chi connectivity index (χ0n) is 7.35. The largest absolute Gasteiger partial charge is 0.461 e. The topological polar surface area (TPSA) is 9.23 Å². The summed E-state index contributed by atoms with van der Waals surface area (Å²) in [6.07, 6.45) is 0. The van der Waals surface area contributed by atoms with Gasteiger partial charge in [0.1, 0.15) is 9.76 Å².